The molecule has 0 amide bonds. The third-order valence-electron chi connectivity index (χ3n) is 4.52. The number of rotatable bonds is 6. The zero-order valence-electron chi connectivity index (χ0n) is 13.9. The van der Waals surface area contributed by atoms with Crippen molar-refractivity contribution in [2.75, 3.05) is 6.61 Å². The highest BCUT2D eigenvalue weighted by Gasteiger charge is 2.21. The van der Waals surface area contributed by atoms with Gasteiger partial charge in [-0.15, -0.1) is 11.3 Å². The number of ether oxygens (including phenoxy) is 1. The predicted molar refractivity (Wildman–Crippen MR) is 98.0 cm³/mol. The van der Waals surface area contributed by atoms with Gasteiger partial charge in [-0.1, -0.05) is 30.3 Å². The quantitative estimate of drug-likeness (QED) is 0.737. The molecule has 1 N–H and O–H groups in total. The number of fused-ring (bicyclic) bond motifs is 3. The number of nitrogens with zero attached hydrogens (tertiary/aromatic N) is 2. The lowest BCUT2D eigenvalue weighted by molar-refractivity contribution is 0.0198. The Morgan fingerprint density at radius 1 is 1.28 bits per heavy atom. The number of aliphatic hydroxyl groups excluding tert-OH is 1. The molecule has 0 bridgehead atoms. The smallest absolute Gasteiger partial charge is 0.262 e. The summed E-state index contributed by atoms with van der Waals surface area (Å²) in [5.74, 6) is 0. The van der Waals surface area contributed by atoms with Crippen LogP contribution in [-0.2, 0) is 30.7 Å². The number of aryl methyl sites for hydroxylation is 2. The zero-order chi connectivity index (χ0) is 17.2. The normalized spacial score (nSPS) is 14.8. The molecule has 0 aliphatic heterocycles. The second kappa shape index (κ2) is 7.07. The minimum absolute atomic E-state index is 0.0495. The van der Waals surface area contributed by atoms with Crippen LogP contribution in [0.1, 0.15) is 22.4 Å². The van der Waals surface area contributed by atoms with Gasteiger partial charge in [0.05, 0.1) is 37.6 Å². The van der Waals surface area contributed by atoms with Gasteiger partial charge < -0.3 is 9.84 Å². The number of hydrogen-bond donors (Lipinski definition) is 1. The third kappa shape index (κ3) is 3.38. The van der Waals surface area contributed by atoms with Gasteiger partial charge in [0.15, 0.2) is 0 Å². The van der Waals surface area contributed by atoms with Crippen molar-refractivity contribution in [3.05, 3.63) is 63.0 Å². The molecule has 0 spiro atoms. The van der Waals surface area contributed by atoms with Crippen LogP contribution in [0.2, 0.25) is 0 Å². The molecule has 2 heterocycles. The highest BCUT2D eigenvalue weighted by Crippen LogP contribution is 2.34. The minimum Gasteiger partial charge on any atom is -0.389 e. The molecule has 1 atom stereocenters. The van der Waals surface area contributed by atoms with E-state index in [2.05, 4.69) is 4.98 Å². The number of hydrogen-bond acceptors (Lipinski definition) is 5. The summed E-state index contributed by atoms with van der Waals surface area (Å²) in [4.78, 5) is 19.3. The molecule has 1 unspecified atom stereocenters. The van der Waals surface area contributed by atoms with E-state index >= 15 is 0 Å². The van der Waals surface area contributed by atoms with Gasteiger partial charge in [0.25, 0.3) is 5.56 Å². The maximum atomic E-state index is 12.8. The van der Waals surface area contributed by atoms with Crippen LogP contribution in [-0.4, -0.2) is 27.4 Å². The summed E-state index contributed by atoms with van der Waals surface area (Å²) in [5, 5.41) is 11.0. The predicted octanol–water partition coefficient (Wildman–Crippen LogP) is 2.52. The fraction of sp³-hybridized carbons (Fsp3) is 0.368. The van der Waals surface area contributed by atoms with E-state index in [9.17, 15) is 9.90 Å². The van der Waals surface area contributed by atoms with Crippen molar-refractivity contribution in [2.24, 2.45) is 0 Å². The van der Waals surface area contributed by atoms with Gasteiger partial charge in [0.1, 0.15) is 4.83 Å². The van der Waals surface area contributed by atoms with Crippen molar-refractivity contribution >= 4 is 21.6 Å². The molecule has 2 aromatic heterocycles. The second-order valence-corrected chi connectivity index (χ2v) is 7.48. The molecular weight excluding hydrogens is 336 g/mol. The van der Waals surface area contributed by atoms with Crippen LogP contribution in [0.25, 0.3) is 10.2 Å². The summed E-state index contributed by atoms with van der Waals surface area (Å²) in [6, 6.07) is 9.82. The maximum Gasteiger partial charge on any atom is 0.262 e. The van der Waals surface area contributed by atoms with E-state index in [0.717, 1.165) is 35.0 Å². The monoisotopic (exact) mass is 356 g/mol. The van der Waals surface area contributed by atoms with E-state index in [1.807, 2.05) is 30.3 Å². The molecule has 25 heavy (non-hydrogen) atoms. The van der Waals surface area contributed by atoms with Crippen molar-refractivity contribution in [2.45, 2.75) is 38.5 Å². The van der Waals surface area contributed by atoms with Gasteiger partial charge >= 0.3 is 0 Å². The van der Waals surface area contributed by atoms with Gasteiger partial charge in [-0.3, -0.25) is 9.36 Å². The van der Waals surface area contributed by atoms with Crippen LogP contribution in [0.4, 0.5) is 0 Å². The first-order chi connectivity index (χ1) is 12.2. The molecule has 1 aromatic carbocycles. The van der Waals surface area contributed by atoms with E-state index in [1.54, 1.807) is 11.3 Å². The SMILES string of the molecule is O=c1c2c3c(sc2ncn1CC(O)COCc1ccccc1)CCC3. The van der Waals surface area contributed by atoms with Crippen molar-refractivity contribution in [3.63, 3.8) is 0 Å². The standard InChI is InChI=1S/C19H20N2O3S/c22-14(11-24-10-13-5-2-1-3-6-13)9-21-12-20-18-17(19(21)23)15-7-4-8-16(15)25-18/h1-3,5-6,12,14,22H,4,7-11H2. The molecule has 6 heteroatoms. The number of benzene rings is 1. The molecule has 0 radical (unpaired) electrons. The minimum atomic E-state index is -0.743. The molecule has 4 rings (SSSR count). The molecule has 5 nitrogen and oxygen atoms in total. The van der Waals surface area contributed by atoms with Crippen LogP contribution in [0.15, 0.2) is 41.5 Å². The van der Waals surface area contributed by atoms with E-state index in [1.165, 1.54) is 21.3 Å². The molecule has 3 aromatic rings. The maximum absolute atomic E-state index is 12.8. The Bertz CT molecular complexity index is 933. The first-order valence-electron chi connectivity index (χ1n) is 8.52. The van der Waals surface area contributed by atoms with Crippen LogP contribution in [0, 0.1) is 0 Å². The lowest BCUT2D eigenvalue weighted by atomic mass is 10.2. The Morgan fingerprint density at radius 2 is 2.12 bits per heavy atom. The fourth-order valence-corrected chi connectivity index (χ4v) is 4.54. The largest absolute Gasteiger partial charge is 0.389 e. The summed E-state index contributed by atoms with van der Waals surface area (Å²) in [6.45, 7) is 0.824. The Morgan fingerprint density at radius 3 is 2.96 bits per heavy atom. The van der Waals surface area contributed by atoms with Gasteiger partial charge in [-0.25, -0.2) is 4.98 Å². The summed E-state index contributed by atoms with van der Waals surface area (Å²) in [5.41, 5.74) is 2.18. The highest BCUT2D eigenvalue weighted by molar-refractivity contribution is 7.18. The Labute approximate surface area is 149 Å². The molecule has 1 aliphatic carbocycles. The third-order valence-corrected chi connectivity index (χ3v) is 5.72. The lowest BCUT2D eigenvalue weighted by Gasteiger charge is -2.13. The first-order valence-corrected chi connectivity index (χ1v) is 9.33. The van der Waals surface area contributed by atoms with Crippen LogP contribution in [0.3, 0.4) is 0 Å². The number of aromatic nitrogens is 2. The average molecular weight is 356 g/mol. The molecule has 0 fully saturated rings. The van der Waals surface area contributed by atoms with Gasteiger partial charge in [0, 0.05) is 4.88 Å². The van der Waals surface area contributed by atoms with Crippen molar-refractivity contribution in [3.8, 4) is 0 Å². The highest BCUT2D eigenvalue weighted by atomic mass is 32.1. The molecule has 1 aliphatic rings. The van der Waals surface area contributed by atoms with E-state index in [4.69, 9.17) is 4.74 Å². The Hall–Kier alpha value is -2.02. The van der Waals surface area contributed by atoms with Gasteiger partial charge in [0.2, 0.25) is 0 Å². The molecule has 130 valence electrons. The fourth-order valence-electron chi connectivity index (χ4n) is 3.32. The second-order valence-electron chi connectivity index (χ2n) is 6.39. The van der Waals surface area contributed by atoms with E-state index in [-0.39, 0.29) is 18.7 Å². The van der Waals surface area contributed by atoms with Crippen molar-refractivity contribution in [1.29, 1.82) is 0 Å². The van der Waals surface area contributed by atoms with Gasteiger partial charge in [-0.2, -0.15) is 0 Å². The number of aliphatic hydroxyl groups is 1. The Kier molecular flexibility index (Phi) is 4.65. The van der Waals surface area contributed by atoms with Crippen LogP contribution in [0.5, 0.6) is 0 Å². The summed E-state index contributed by atoms with van der Waals surface area (Å²) in [6.07, 6.45) is 3.91. The van der Waals surface area contributed by atoms with Crippen molar-refractivity contribution < 1.29 is 9.84 Å². The summed E-state index contributed by atoms with van der Waals surface area (Å²) < 4.78 is 7.06. The molecule has 0 saturated carbocycles. The average Bonchev–Trinajstić information content (AvgIpc) is 3.19. The van der Waals surface area contributed by atoms with Crippen LogP contribution >= 0.6 is 11.3 Å². The van der Waals surface area contributed by atoms with Crippen molar-refractivity contribution in [1.82, 2.24) is 9.55 Å². The van der Waals surface area contributed by atoms with E-state index < -0.39 is 6.10 Å². The Balaban J connectivity index is 1.43. The molecular formula is C19H20N2O3S. The lowest BCUT2D eigenvalue weighted by Crippen LogP contribution is -2.29. The number of thiophene rings is 1. The molecule has 0 saturated heterocycles. The van der Waals surface area contributed by atoms with Gasteiger partial charge in [-0.05, 0) is 30.4 Å². The zero-order valence-corrected chi connectivity index (χ0v) is 14.7. The van der Waals surface area contributed by atoms with E-state index in [0.29, 0.717) is 6.61 Å². The summed E-state index contributed by atoms with van der Waals surface area (Å²) in [7, 11) is 0. The summed E-state index contributed by atoms with van der Waals surface area (Å²) >= 11 is 1.63. The van der Waals surface area contributed by atoms with Crippen LogP contribution < -0.4 is 5.56 Å². The topological polar surface area (TPSA) is 64.4 Å². The first kappa shape index (κ1) is 16.4.